The zero-order valence-corrected chi connectivity index (χ0v) is 15.0. The van der Waals surface area contributed by atoms with Crippen molar-refractivity contribution in [2.24, 2.45) is 0 Å². The summed E-state index contributed by atoms with van der Waals surface area (Å²) in [7, 11) is 0. The van der Waals surface area contributed by atoms with Crippen LogP contribution in [-0.2, 0) is 13.0 Å². The second-order valence-corrected chi connectivity index (χ2v) is 6.76. The van der Waals surface area contributed by atoms with E-state index in [1.165, 1.54) is 0 Å². The molecule has 0 aliphatic carbocycles. The fourth-order valence-electron chi connectivity index (χ4n) is 2.45. The van der Waals surface area contributed by atoms with Gasteiger partial charge in [-0.25, -0.2) is 4.68 Å². The Morgan fingerprint density at radius 3 is 2.33 bits per heavy atom. The molecular formula is C18H14BrClN4. The normalized spacial score (nSPS) is 10.5. The first-order chi connectivity index (χ1) is 11.6. The Balaban J connectivity index is 1.89. The highest BCUT2D eigenvalue weighted by Gasteiger charge is 2.16. The molecule has 3 rings (SSSR count). The van der Waals surface area contributed by atoms with Gasteiger partial charge >= 0.3 is 0 Å². The number of aromatic nitrogens is 2. The molecule has 2 N–H and O–H groups in total. The number of nitrogen functional groups attached to an aromatic ring is 1. The molecule has 0 saturated heterocycles. The fourth-order valence-corrected chi connectivity index (χ4v) is 2.84. The van der Waals surface area contributed by atoms with E-state index in [0.29, 0.717) is 35.1 Å². The predicted molar refractivity (Wildman–Crippen MR) is 98.9 cm³/mol. The summed E-state index contributed by atoms with van der Waals surface area (Å²) in [6, 6.07) is 17.6. The Hall–Kier alpha value is -2.29. The molecule has 1 aromatic heterocycles. The van der Waals surface area contributed by atoms with Gasteiger partial charge in [-0.2, -0.15) is 10.4 Å². The summed E-state index contributed by atoms with van der Waals surface area (Å²) >= 11 is 9.32. The minimum Gasteiger partial charge on any atom is -0.383 e. The Kier molecular flexibility index (Phi) is 4.89. The number of hydrogen-bond donors (Lipinski definition) is 1. The molecule has 0 atom stereocenters. The van der Waals surface area contributed by atoms with Crippen molar-refractivity contribution in [2.45, 2.75) is 13.0 Å². The second kappa shape index (κ2) is 7.08. The lowest BCUT2D eigenvalue weighted by Gasteiger charge is -2.04. The number of rotatable bonds is 4. The largest absolute Gasteiger partial charge is 0.383 e. The number of anilines is 1. The van der Waals surface area contributed by atoms with E-state index in [4.69, 9.17) is 17.3 Å². The Bertz CT molecular complexity index is 893. The summed E-state index contributed by atoms with van der Waals surface area (Å²) in [6.07, 6.45) is 0.563. The van der Waals surface area contributed by atoms with Gasteiger partial charge in [-0.05, 0) is 35.4 Å². The summed E-state index contributed by atoms with van der Waals surface area (Å²) < 4.78 is 2.68. The molecule has 6 heteroatoms. The molecule has 4 nitrogen and oxygen atoms in total. The van der Waals surface area contributed by atoms with Crippen LogP contribution in [-0.4, -0.2) is 9.78 Å². The molecule has 0 amide bonds. The van der Waals surface area contributed by atoms with E-state index in [1.54, 1.807) is 4.68 Å². The van der Waals surface area contributed by atoms with Crippen molar-refractivity contribution in [3.05, 3.63) is 80.4 Å². The summed E-state index contributed by atoms with van der Waals surface area (Å²) in [4.78, 5) is 0. The van der Waals surface area contributed by atoms with Crippen molar-refractivity contribution >= 4 is 33.3 Å². The van der Waals surface area contributed by atoms with Gasteiger partial charge in [-0.15, -0.1) is 0 Å². The molecule has 0 bridgehead atoms. The van der Waals surface area contributed by atoms with E-state index in [-0.39, 0.29) is 0 Å². The van der Waals surface area contributed by atoms with Crippen LogP contribution >= 0.6 is 27.5 Å². The molecular weight excluding hydrogens is 388 g/mol. The van der Waals surface area contributed by atoms with Gasteiger partial charge in [-0.1, -0.05) is 51.8 Å². The maximum Gasteiger partial charge on any atom is 0.140 e. The van der Waals surface area contributed by atoms with Gasteiger partial charge in [-0.3, -0.25) is 0 Å². The fraction of sp³-hybridized carbons (Fsp3) is 0.111. The molecule has 0 aliphatic rings. The third kappa shape index (κ3) is 3.61. The van der Waals surface area contributed by atoms with Crippen LogP contribution in [0.2, 0.25) is 5.02 Å². The Morgan fingerprint density at radius 2 is 1.71 bits per heavy atom. The molecule has 24 heavy (non-hydrogen) atoms. The number of nitrogens with two attached hydrogens (primary N) is 1. The van der Waals surface area contributed by atoms with Crippen LogP contribution in [0.15, 0.2) is 53.0 Å². The molecule has 0 aliphatic heterocycles. The zero-order chi connectivity index (χ0) is 17.1. The van der Waals surface area contributed by atoms with Gasteiger partial charge in [0.1, 0.15) is 17.5 Å². The van der Waals surface area contributed by atoms with Crippen molar-refractivity contribution in [2.75, 3.05) is 5.73 Å². The topological polar surface area (TPSA) is 67.6 Å². The van der Waals surface area contributed by atoms with Gasteiger partial charge < -0.3 is 5.73 Å². The molecule has 3 aromatic rings. The average Bonchev–Trinajstić information content (AvgIpc) is 2.86. The summed E-state index contributed by atoms with van der Waals surface area (Å²) in [5.74, 6) is 0.388. The van der Waals surface area contributed by atoms with Crippen LogP contribution in [0.1, 0.15) is 22.4 Å². The van der Waals surface area contributed by atoms with E-state index in [0.717, 1.165) is 15.6 Å². The molecule has 0 saturated carbocycles. The standard InChI is InChI=1S/C18H14BrClN4/c19-14-5-1-12(2-6-14)9-17-16(10-21)18(22)24(23-17)11-13-3-7-15(20)8-4-13/h1-8H,9,11,22H2. The van der Waals surface area contributed by atoms with Crippen molar-refractivity contribution in [1.29, 1.82) is 5.26 Å². The van der Waals surface area contributed by atoms with Crippen LogP contribution in [0.4, 0.5) is 5.82 Å². The van der Waals surface area contributed by atoms with Crippen LogP contribution in [0.5, 0.6) is 0 Å². The molecule has 0 spiro atoms. The zero-order valence-electron chi connectivity index (χ0n) is 12.7. The first-order valence-electron chi connectivity index (χ1n) is 7.31. The minimum absolute atomic E-state index is 0.388. The highest BCUT2D eigenvalue weighted by Crippen LogP contribution is 2.21. The maximum absolute atomic E-state index is 9.43. The van der Waals surface area contributed by atoms with Crippen LogP contribution < -0.4 is 5.73 Å². The van der Waals surface area contributed by atoms with Crippen molar-refractivity contribution in [1.82, 2.24) is 9.78 Å². The second-order valence-electron chi connectivity index (χ2n) is 5.41. The summed E-state index contributed by atoms with van der Waals surface area (Å²) in [5.41, 5.74) is 9.33. The SMILES string of the molecule is N#Cc1c(Cc2ccc(Br)cc2)nn(Cc2ccc(Cl)cc2)c1N. The molecule has 0 fully saturated rings. The van der Waals surface area contributed by atoms with Crippen LogP contribution in [0.3, 0.4) is 0 Å². The monoisotopic (exact) mass is 400 g/mol. The first-order valence-corrected chi connectivity index (χ1v) is 8.48. The van der Waals surface area contributed by atoms with Crippen molar-refractivity contribution in [3.8, 4) is 6.07 Å². The number of benzene rings is 2. The van der Waals surface area contributed by atoms with Gasteiger partial charge in [0.2, 0.25) is 0 Å². The van der Waals surface area contributed by atoms with E-state index >= 15 is 0 Å². The van der Waals surface area contributed by atoms with Crippen molar-refractivity contribution < 1.29 is 0 Å². The van der Waals surface area contributed by atoms with Gasteiger partial charge in [0.25, 0.3) is 0 Å². The van der Waals surface area contributed by atoms with E-state index < -0.39 is 0 Å². The lowest BCUT2D eigenvalue weighted by atomic mass is 10.1. The Labute approximate surface area is 153 Å². The maximum atomic E-state index is 9.43. The quantitative estimate of drug-likeness (QED) is 0.705. The predicted octanol–water partition coefficient (Wildman–Crippen LogP) is 4.39. The molecule has 120 valence electrons. The van der Waals surface area contributed by atoms with Crippen LogP contribution in [0, 0.1) is 11.3 Å². The Morgan fingerprint density at radius 1 is 1.08 bits per heavy atom. The lowest BCUT2D eigenvalue weighted by Crippen LogP contribution is -2.06. The van der Waals surface area contributed by atoms with Gasteiger partial charge in [0, 0.05) is 15.9 Å². The smallest absolute Gasteiger partial charge is 0.140 e. The first kappa shape index (κ1) is 16.6. The van der Waals surface area contributed by atoms with E-state index in [2.05, 4.69) is 27.1 Å². The molecule has 2 aromatic carbocycles. The molecule has 0 unspecified atom stereocenters. The van der Waals surface area contributed by atoms with Gasteiger partial charge in [0.15, 0.2) is 0 Å². The number of hydrogen-bond acceptors (Lipinski definition) is 3. The van der Waals surface area contributed by atoms with Crippen molar-refractivity contribution in [3.63, 3.8) is 0 Å². The van der Waals surface area contributed by atoms with Crippen LogP contribution in [0.25, 0.3) is 0 Å². The molecule has 1 heterocycles. The lowest BCUT2D eigenvalue weighted by molar-refractivity contribution is 0.685. The van der Waals surface area contributed by atoms with E-state index in [1.807, 2.05) is 48.5 Å². The highest BCUT2D eigenvalue weighted by atomic mass is 79.9. The number of nitriles is 1. The number of halogens is 2. The summed E-state index contributed by atoms with van der Waals surface area (Å²) in [6.45, 7) is 0.498. The van der Waals surface area contributed by atoms with Gasteiger partial charge in [0.05, 0.1) is 12.2 Å². The average molecular weight is 402 g/mol. The third-order valence-electron chi connectivity index (χ3n) is 3.71. The summed E-state index contributed by atoms with van der Waals surface area (Å²) in [5, 5.41) is 14.7. The number of nitrogens with zero attached hydrogens (tertiary/aromatic N) is 3. The van der Waals surface area contributed by atoms with E-state index in [9.17, 15) is 5.26 Å². The minimum atomic E-state index is 0.388. The molecule has 0 radical (unpaired) electrons. The highest BCUT2D eigenvalue weighted by molar-refractivity contribution is 9.10. The third-order valence-corrected chi connectivity index (χ3v) is 4.49.